The highest BCUT2D eigenvalue weighted by atomic mass is 16.4. The summed E-state index contributed by atoms with van der Waals surface area (Å²) in [7, 11) is 4.04. The average molecular weight is 395 g/mol. The molecule has 1 aliphatic rings. The molecule has 0 amide bonds. The van der Waals surface area contributed by atoms with Gasteiger partial charge >= 0.3 is 5.97 Å². The summed E-state index contributed by atoms with van der Waals surface area (Å²) >= 11 is 0. The van der Waals surface area contributed by atoms with Crippen LogP contribution in [0.25, 0.3) is 22.2 Å². The zero-order valence-corrected chi connectivity index (χ0v) is 16.8. The van der Waals surface area contributed by atoms with E-state index in [1.807, 2.05) is 20.2 Å². The van der Waals surface area contributed by atoms with Crippen LogP contribution >= 0.6 is 0 Å². The number of fused-ring (bicyclic) bond motifs is 4. The molecule has 0 unspecified atom stereocenters. The summed E-state index contributed by atoms with van der Waals surface area (Å²) in [5.41, 5.74) is 4.90. The largest absolute Gasteiger partial charge is 0.506 e. The van der Waals surface area contributed by atoms with Crippen LogP contribution in [0.4, 0.5) is 0 Å². The van der Waals surface area contributed by atoms with Crippen molar-refractivity contribution in [3.05, 3.63) is 50.4 Å². The molecule has 7 heteroatoms. The van der Waals surface area contributed by atoms with E-state index < -0.39 is 22.8 Å². The number of benzene rings is 1. The van der Waals surface area contributed by atoms with Crippen LogP contribution in [-0.4, -0.2) is 45.1 Å². The van der Waals surface area contributed by atoms with Gasteiger partial charge in [0.1, 0.15) is 5.75 Å². The molecule has 0 atom stereocenters. The van der Waals surface area contributed by atoms with Crippen LogP contribution in [0.1, 0.15) is 45.6 Å². The standard InChI is InChI=1S/C22H25N3O4/c1-11-14-8-12-6-4-5-7-13-19(24-21(27)18(20(13)26)22(28)29)15(12)9-16(14)23-17(11)10-25(2)3/h8-9,23H,4-7,10H2,1-3H3,(H,28,29)(H2,24,26,27). The van der Waals surface area contributed by atoms with Crippen molar-refractivity contribution in [3.63, 3.8) is 0 Å². The van der Waals surface area contributed by atoms with Gasteiger partial charge in [-0.3, -0.25) is 4.79 Å². The number of nitrogens with one attached hydrogen (secondary N) is 2. The van der Waals surface area contributed by atoms with E-state index in [0.717, 1.165) is 53.5 Å². The maximum Gasteiger partial charge on any atom is 0.345 e. The highest BCUT2D eigenvalue weighted by Gasteiger charge is 2.25. The van der Waals surface area contributed by atoms with Crippen LogP contribution in [0.15, 0.2) is 16.9 Å². The minimum Gasteiger partial charge on any atom is -0.506 e. The summed E-state index contributed by atoms with van der Waals surface area (Å²) in [5.74, 6) is -1.84. The van der Waals surface area contributed by atoms with E-state index in [2.05, 4.69) is 27.9 Å². The molecule has 2 aromatic heterocycles. The van der Waals surface area contributed by atoms with Crippen LogP contribution in [0, 0.1) is 6.92 Å². The first kappa shape index (κ1) is 19.3. The van der Waals surface area contributed by atoms with Crippen LogP contribution in [0.5, 0.6) is 5.75 Å². The van der Waals surface area contributed by atoms with Gasteiger partial charge in [-0.2, -0.15) is 0 Å². The number of carboxylic acid groups (broad SMARTS) is 1. The molecular weight excluding hydrogens is 370 g/mol. The van der Waals surface area contributed by atoms with Gasteiger partial charge in [-0.1, -0.05) is 0 Å². The summed E-state index contributed by atoms with van der Waals surface area (Å²) in [6, 6.07) is 4.17. The first-order valence-corrected chi connectivity index (χ1v) is 9.78. The molecule has 0 aliphatic heterocycles. The van der Waals surface area contributed by atoms with Crippen molar-refractivity contribution in [3.8, 4) is 17.0 Å². The number of hydrogen-bond acceptors (Lipinski definition) is 4. The Morgan fingerprint density at radius 2 is 1.90 bits per heavy atom. The summed E-state index contributed by atoms with van der Waals surface area (Å²) < 4.78 is 0. The number of carboxylic acids is 1. The summed E-state index contributed by atoms with van der Waals surface area (Å²) in [6.07, 6.45) is 3.11. The lowest BCUT2D eigenvalue weighted by Crippen LogP contribution is -2.20. The topological polar surface area (TPSA) is 109 Å². The van der Waals surface area contributed by atoms with E-state index >= 15 is 0 Å². The Labute approximate surface area is 168 Å². The third-order valence-electron chi connectivity index (χ3n) is 5.76. The number of pyridine rings is 1. The van der Waals surface area contributed by atoms with Crippen molar-refractivity contribution in [2.45, 2.75) is 39.2 Å². The first-order valence-electron chi connectivity index (χ1n) is 9.78. The second kappa shape index (κ2) is 7.08. The van der Waals surface area contributed by atoms with Crippen molar-refractivity contribution in [1.82, 2.24) is 14.9 Å². The van der Waals surface area contributed by atoms with Crippen molar-refractivity contribution in [1.29, 1.82) is 0 Å². The molecule has 7 nitrogen and oxygen atoms in total. The fourth-order valence-corrected chi connectivity index (χ4v) is 4.31. The fraction of sp³-hybridized carbons (Fsp3) is 0.364. The molecule has 1 aliphatic carbocycles. The predicted octanol–water partition coefficient (Wildman–Crippen LogP) is 3.18. The number of aryl methyl sites for hydroxylation is 2. The van der Waals surface area contributed by atoms with Crippen molar-refractivity contribution < 1.29 is 15.0 Å². The van der Waals surface area contributed by atoms with Crippen LogP contribution in [0.2, 0.25) is 0 Å². The van der Waals surface area contributed by atoms with Gasteiger partial charge in [-0.15, -0.1) is 0 Å². The van der Waals surface area contributed by atoms with Gasteiger partial charge in [0.15, 0.2) is 5.56 Å². The first-order chi connectivity index (χ1) is 13.8. The molecule has 0 saturated heterocycles. The number of aromatic nitrogens is 2. The number of H-pyrrole nitrogens is 2. The minimum absolute atomic E-state index is 0.417. The van der Waals surface area contributed by atoms with E-state index in [0.29, 0.717) is 17.7 Å². The lowest BCUT2D eigenvalue weighted by molar-refractivity contribution is 0.0691. The van der Waals surface area contributed by atoms with E-state index in [-0.39, 0.29) is 0 Å². The SMILES string of the molecule is Cc1c(CN(C)C)[nH]c2cc3c(cc12)CCCCc1c-3[nH]c(=O)c(C(=O)O)c1O. The molecule has 4 rings (SSSR count). The number of aromatic hydroxyl groups is 1. The zero-order chi connectivity index (χ0) is 20.9. The normalized spacial score (nSPS) is 13.8. The summed E-state index contributed by atoms with van der Waals surface area (Å²) in [4.78, 5) is 32.2. The average Bonchev–Trinajstić information content (AvgIpc) is 2.91. The number of carbonyl (C=O) groups is 1. The third-order valence-corrected chi connectivity index (χ3v) is 5.76. The van der Waals surface area contributed by atoms with Gasteiger partial charge in [0, 0.05) is 34.3 Å². The minimum atomic E-state index is -1.42. The number of aromatic carboxylic acids is 1. The summed E-state index contributed by atoms with van der Waals surface area (Å²) in [6.45, 7) is 2.90. The van der Waals surface area contributed by atoms with Gasteiger partial charge in [0.05, 0.1) is 5.69 Å². The van der Waals surface area contributed by atoms with Crippen LogP contribution < -0.4 is 5.56 Å². The predicted molar refractivity (Wildman–Crippen MR) is 112 cm³/mol. The smallest absolute Gasteiger partial charge is 0.345 e. The van der Waals surface area contributed by atoms with Crippen LogP contribution in [-0.2, 0) is 19.4 Å². The molecule has 0 spiro atoms. The van der Waals surface area contributed by atoms with Gasteiger partial charge in [0.25, 0.3) is 5.56 Å². The van der Waals surface area contributed by atoms with E-state index in [1.54, 1.807) is 0 Å². The number of rotatable bonds is 3. The molecule has 1 aromatic carbocycles. The Morgan fingerprint density at radius 1 is 1.17 bits per heavy atom. The molecule has 29 heavy (non-hydrogen) atoms. The Bertz CT molecular complexity index is 1190. The number of hydrogen-bond donors (Lipinski definition) is 4. The molecule has 2 heterocycles. The summed E-state index contributed by atoms with van der Waals surface area (Å²) in [5, 5.41) is 21.1. The fourth-order valence-electron chi connectivity index (χ4n) is 4.31. The van der Waals surface area contributed by atoms with E-state index in [9.17, 15) is 19.8 Å². The third kappa shape index (κ3) is 3.21. The molecule has 0 radical (unpaired) electrons. The van der Waals surface area contributed by atoms with Gasteiger partial charge in [-0.25, -0.2) is 4.79 Å². The molecule has 4 N–H and O–H groups in total. The molecule has 0 saturated carbocycles. The molecular formula is C22H25N3O4. The van der Waals surface area contributed by atoms with Gasteiger partial charge in [-0.05, 0) is 70.0 Å². The van der Waals surface area contributed by atoms with Crippen LogP contribution in [0.3, 0.4) is 0 Å². The van der Waals surface area contributed by atoms with E-state index in [4.69, 9.17) is 0 Å². The molecule has 0 bridgehead atoms. The zero-order valence-electron chi connectivity index (χ0n) is 16.8. The van der Waals surface area contributed by atoms with E-state index in [1.165, 1.54) is 5.56 Å². The highest BCUT2D eigenvalue weighted by Crippen LogP contribution is 2.38. The number of aromatic amines is 2. The van der Waals surface area contributed by atoms with Crippen molar-refractivity contribution in [2.24, 2.45) is 0 Å². The Balaban J connectivity index is 1.99. The maximum absolute atomic E-state index is 12.4. The van der Waals surface area contributed by atoms with Gasteiger partial charge < -0.3 is 25.1 Å². The lowest BCUT2D eigenvalue weighted by atomic mass is 9.88. The Morgan fingerprint density at radius 3 is 2.59 bits per heavy atom. The second-order valence-corrected chi connectivity index (χ2v) is 8.06. The second-order valence-electron chi connectivity index (χ2n) is 8.06. The Hall–Kier alpha value is -3.06. The van der Waals surface area contributed by atoms with Crippen molar-refractivity contribution >= 4 is 16.9 Å². The molecule has 0 fully saturated rings. The monoisotopic (exact) mass is 395 g/mol. The molecule has 152 valence electrons. The maximum atomic E-state index is 12.4. The quantitative estimate of drug-likeness (QED) is 0.545. The number of nitrogens with zero attached hydrogens (tertiary/aromatic N) is 1. The lowest BCUT2D eigenvalue weighted by Gasteiger charge is -2.19. The van der Waals surface area contributed by atoms with Gasteiger partial charge in [0.2, 0.25) is 0 Å². The highest BCUT2D eigenvalue weighted by molar-refractivity contribution is 5.94. The van der Waals surface area contributed by atoms with Crippen molar-refractivity contribution in [2.75, 3.05) is 14.1 Å². The Kier molecular flexibility index (Phi) is 4.70. The molecule has 3 aromatic rings.